The number of nitrogens with zero attached hydrogens (tertiary/aromatic N) is 3. The standard InChI is InChI=1S/C51H34N4S/c1-3-14-33(15-4-1)34-16-11-18-36(30-34)49-52-50(54-51(53-49)38-28-29-42-41-22-8-10-27-46(41)56-47(42)32-38)37-19-12-17-35(31-37)40-24-13-26-45-48(40)43-23-7-9-25-44(43)55(45)39-20-5-2-6-21-39/h1-32,49H,(H,52,53,54). The van der Waals surface area contributed by atoms with Gasteiger partial charge in [0.05, 0.1) is 11.0 Å². The number of fused-ring (bicyclic) bond motifs is 6. The van der Waals surface area contributed by atoms with Crippen molar-refractivity contribution >= 4 is 65.0 Å². The Bertz CT molecular complexity index is 3170. The van der Waals surface area contributed by atoms with Crippen LogP contribution < -0.4 is 5.32 Å². The van der Waals surface area contributed by atoms with Gasteiger partial charge in [-0.25, -0.2) is 9.98 Å². The van der Waals surface area contributed by atoms with E-state index in [0.29, 0.717) is 5.84 Å². The Morgan fingerprint density at radius 1 is 0.464 bits per heavy atom. The fourth-order valence-electron chi connectivity index (χ4n) is 8.23. The molecule has 1 aliphatic rings. The summed E-state index contributed by atoms with van der Waals surface area (Å²) < 4.78 is 4.88. The minimum atomic E-state index is -0.338. The molecule has 5 heteroatoms. The topological polar surface area (TPSA) is 41.7 Å². The molecule has 1 N–H and O–H groups in total. The first-order valence-corrected chi connectivity index (χ1v) is 19.8. The van der Waals surface area contributed by atoms with Crippen LogP contribution in [0.2, 0.25) is 0 Å². The molecule has 4 nitrogen and oxygen atoms in total. The molecule has 8 aromatic carbocycles. The third-order valence-corrected chi connectivity index (χ3v) is 12.0. The number of aromatic nitrogens is 1. The van der Waals surface area contributed by atoms with Crippen molar-refractivity contribution in [1.29, 1.82) is 0 Å². The Balaban J connectivity index is 1.05. The van der Waals surface area contributed by atoms with Gasteiger partial charge in [0.2, 0.25) is 0 Å². The van der Waals surface area contributed by atoms with E-state index in [-0.39, 0.29) is 6.17 Å². The van der Waals surface area contributed by atoms with Crippen molar-refractivity contribution in [2.24, 2.45) is 9.98 Å². The van der Waals surface area contributed by atoms with Gasteiger partial charge in [-0.15, -0.1) is 11.3 Å². The SMILES string of the molecule is c1ccc(-c2cccc(C3N=C(c4ccc5c(c4)sc4ccccc45)N=C(c4cccc(-c5cccc6c5c5ccccc5n6-c5ccccc5)c4)N3)c2)cc1. The zero-order valence-corrected chi connectivity index (χ0v) is 31.1. The van der Waals surface area contributed by atoms with Gasteiger partial charge in [-0.3, -0.25) is 0 Å². The molecule has 2 aromatic heterocycles. The third kappa shape index (κ3) is 5.52. The van der Waals surface area contributed by atoms with Crippen LogP contribution in [0.4, 0.5) is 0 Å². The number of hydrogen-bond donors (Lipinski definition) is 1. The van der Waals surface area contributed by atoms with Gasteiger partial charge < -0.3 is 9.88 Å². The summed E-state index contributed by atoms with van der Waals surface area (Å²) in [7, 11) is 0. The van der Waals surface area contributed by atoms with Gasteiger partial charge in [-0.1, -0.05) is 146 Å². The molecule has 11 rings (SSSR count). The van der Waals surface area contributed by atoms with Crippen molar-refractivity contribution < 1.29 is 0 Å². The number of thiophene rings is 1. The summed E-state index contributed by atoms with van der Waals surface area (Å²) >= 11 is 1.81. The number of para-hydroxylation sites is 2. The minimum absolute atomic E-state index is 0.338. The first-order valence-electron chi connectivity index (χ1n) is 18.9. The largest absolute Gasteiger partial charge is 0.344 e. The predicted molar refractivity (Wildman–Crippen MR) is 236 cm³/mol. The van der Waals surface area contributed by atoms with Gasteiger partial charge in [0.15, 0.2) is 5.84 Å². The van der Waals surface area contributed by atoms with E-state index < -0.39 is 0 Å². The number of rotatable bonds is 6. The number of amidine groups is 2. The van der Waals surface area contributed by atoms with Crippen molar-refractivity contribution in [3.63, 3.8) is 0 Å². The molecule has 0 amide bonds. The molecule has 0 saturated heterocycles. The van der Waals surface area contributed by atoms with E-state index in [1.165, 1.54) is 53.1 Å². The first kappa shape index (κ1) is 32.4. The molecule has 0 radical (unpaired) electrons. The molecular formula is C51H34N4S. The molecule has 3 heterocycles. The Kier molecular flexibility index (Phi) is 7.71. The van der Waals surface area contributed by atoms with Gasteiger partial charge >= 0.3 is 0 Å². The average Bonchev–Trinajstić information content (AvgIpc) is 3.82. The highest BCUT2D eigenvalue weighted by Gasteiger charge is 2.23. The first-order chi connectivity index (χ1) is 27.7. The smallest absolute Gasteiger partial charge is 0.159 e. The molecule has 1 atom stereocenters. The highest BCUT2D eigenvalue weighted by molar-refractivity contribution is 7.25. The fraction of sp³-hybridized carbons (Fsp3) is 0.0196. The summed E-state index contributed by atoms with van der Waals surface area (Å²) in [6, 6.07) is 69.2. The quantitative estimate of drug-likeness (QED) is 0.182. The lowest BCUT2D eigenvalue weighted by molar-refractivity contribution is 0.674. The number of aliphatic imine (C=N–C) groups is 2. The predicted octanol–water partition coefficient (Wildman–Crippen LogP) is 13.0. The Labute approximate surface area is 328 Å². The summed E-state index contributed by atoms with van der Waals surface area (Å²) in [5, 5.41) is 8.76. The van der Waals surface area contributed by atoms with Gasteiger partial charge in [0, 0.05) is 47.8 Å². The summed E-state index contributed by atoms with van der Waals surface area (Å²) in [6.07, 6.45) is -0.338. The van der Waals surface area contributed by atoms with E-state index in [0.717, 1.165) is 39.3 Å². The molecule has 0 aliphatic carbocycles. The van der Waals surface area contributed by atoms with Crippen molar-refractivity contribution in [2.75, 3.05) is 0 Å². The van der Waals surface area contributed by atoms with Crippen LogP contribution in [0.1, 0.15) is 22.9 Å². The third-order valence-electron chi connectivity index (χ3n) is 10.8. The zero-order chi connectivity index (χ0) is 37.0. The van der Waals surface area contributed by atoms with Gasteiger partial charge in [0.25, 0.3) is 0 Å². The van der Waals surface area contributed by atoms with Crippen LogP contribution in [0.3, 0.4) is 0 Å². The summed E-state index contributed by atoms with van der Waals surface area (Å²) in [4.78, 5) is 10.6. The summed E-state index contributed by atoms with van der Waals surface area (Å²) in [5.74, 6) is 1.51. The van der Waals surface area contributed by atoms with E-state index in [4.69, 9.17) is 9.98 Å². The highest BCUT2D eigenvalue weighted by Crippen LogP contribution is 2.39. The number of hydrogen-bond acceptors (Lipinski definition) is 4. The van der Waals surface area contributed by atoms with Crippen molar-refractivity contribution in [3.05, 3.63) is 211 Å². The van der Waals surface area contributed by atoms with Gasteiger partial charge in [0.1, 0.15) is 12.0 Å². The second-order valence-electron chi connectivity index (χ2n) is 14.2. The second-order valence-corrected chi connectivity index (χ2v) is 15.3. The Morgan fingerprint density at radius 2 is 1.14 bits per heavy atom. The number of benzene rings is 8. The molecular weight excluding hydrogens is 701 g/mol. The lowest BCUT2D eigenvalue weighted by atomic mass is 9.97. The van der Waals surface area contributed by atoms with E-state index in [1.54, 1.807) is 0 Å². The summed E-state index contributed by atoms with van der Waals surface area (Å²) in [6.45, 7) is 0. The maximum atomic E-state index is 5.30. The Hall–Kier alpha value is -7.08. The lowest BCUT2D eigenvalue weighted by Crippen LogP contribution is -2.33. The van der Waals surface area contributed by atoms with Crippen LogP contribution >= 0.6 is 11.3 Å². The minimum Gasteiger partial charge on any atom is -0.344 e. The van der Waals surface area contributed by atoms with Gasteiger partial charge in [-0.05, 0) is 76.3 Å². The molecule has 10 aromatic rings. The van der Waals surface area contributed by atoms with E-state index in [9.17, 15) is 0 Å². The van der Waals surface area contributed by atoms with Crippen LogP contribution in [0, 0.1) is 0 Å². The molecule has 0 fully saturated rings. The lowest BCUT2D eigenvalue weighted by Gasteiger charge is -2.24. The van der Waals surface area contributed by atoms with Crippen LogP contribution in [0.25, 0.3) is 69.9 Å². The normalized spacial score (nSPS) is 14.2. The molecule has 0 bridgehead atoms. The number of nitrogens with one attached hydrogen (secondary N) is 1. The van der Waals surface area contributed by atoms with Crippen molar-refractivity contribution in [3.8, 4) is 27.9 Å². The van der Waals surface area contributed by atoms with Crippen LogP contribution in [0.15, 0.2) is 204 Å². The van der Waals surface area contributed by atoms with E-state index in [2.05, 4.69) is 204 Å². The van der Waals surface area contributed by atoms with Crippen molar-refractivity contribution in [2.45, 2.75) is 6.17 Å². The van der Waals surface area contributed by atoms with Crippen LogP contribution in [-0.4, -0.2) is 16.2 Å². The maximum Gasteiger partial charge on any atom is 0.159 e. The molecule has 1 aliphatic heterocycles. The summed E-state index contributed by atoms with van der Waals surface area (Å²) in [5.41, 5.74) is 11.2. The Morgan fingerprint density at radius 3 is 2.04 bits per heavy atom. The van der Waals surface area contributed by atoms with Crippen molar-refractivity contribution in [1.82, 2.24) is 9.88 Å². The zero-order valence-electron chi connectivity index (χ0n) is 30.3. The van der Waals surface area contributed by atoms with Crippen LogP contribution in [-0.2, 0) is 0 Å². The maximum absolute atomic E-state index is 5.30. The fourth-order valence-corrected chi connectivity index (χ4v) is 9.37. The van der Waals surface area contributed by atoms with Gasteiger partial charge in [-0.2, -0.15) is 0 Å². The monoisotopic (exact) mass is 734 g/mol. The van der Waals surface area contributed by atoms with E-state index in [1.807, 2.05) is 11.3 Å². The molecule has 1 unspecified atom stereocenters. The highest BCUT2D eigenvalue weighted by atomic mass is 32.1. The second kappa shape index (κ2) is 13.3. The molecule has 264 valence electrons. The average molecular weight is 735 g/mol. The molecule has 0 saturated carbocycles. The van der Waals surface area contributed by atoms with E-state index >= 15 is 0 Å². The van der Waals surface area contributed by atoms with Crippen LogP contribution in [0.5, 0.6) is 0 Å². The molecule has 0 spiro atoms. The molecule has 56 heavy (non-hydrogen) atoms.